The summed E-state index contributed by atoms with van der Waals surface area (Å²) in [6, 6.07) is 22.4. The smallest absolute Gasteiger partial charge is 0.416 e. The number of carboxylic acids is 1. The fourth-order valence-electron chi connectivity index (χ4n) is 5.23. The number of carbonyl (C=O) groups is 3. The highest BCUT2D eigenvalue weighted by molar-refractivity contribution is 7.13. The molecular weight excluding hydrogens is 667 g/mol. The number of aromatic nitrogens is 1. The lowest BCUT2D eigenvalue weighted by atomic mass is 10.1. The number of alkyl halides is 3. The molecule has 0 atom stereocenters. The highest BCUT2D eigenvalue weighted by atomic mass is 32.1. The number of aromatic carboxylic acids is 1. The Morgan fingerprint density at radius 2 is 1.52 bits per heavy atom. The maximum absolute atomic E-state index is 13.6. The van der Waals surface area contributed by atoms with Gasteiger partial charge in [-0.2, -0.15) is 13.2 Å². The highest BCUT2D eigenvalue weighted by Gasteiger charge is 2.31. The minimum Gasteiger partial charge on any atom is -0.507 e. The van der Waals surface area contributed by atoms with Crippen LogP contribution < -0.4 is 10.2 Å². The summed E-state index contributed by atoms with van der Waals surface area (Å²) in [5, 5.41) is 24.8. The number of anilines is 1. The van der Waals surface area contributed by atoms with Gasteiger partial charge in [0.05, 0.1) is 17.8 Å². The van der Waals surface area contributed by atoms with Gasteiger partial charge in [-0.3, -0.25) is 9.59 Å². The van der Waals surface area contributed by atoms with Crippen LogP contribution in [0.15, 0.2) is 96.4 Å². The van der Waals surface area contributed by atoms with E-state index in [0.29, 0.717) is 22.8 Å². The number of phenols is 1. The molecule has 12 heteroatoms. The number of aromatic hydroxyl groups is 1. The summed E-state index contributed by atoms with van der Waals surface area (Å²) in [6.07, 6.45) is -0.0167. The number of aryl methyl sites for hydroxylation is 1. The van der Waals surface area contributed by atoms with Crippen LogP contribution in [0.2, 0.25) is 0 Å². The SMILES string of the molecule is CCCCCc1ccc(CNC(=O)c2ccc(-c3nc(CN(C(=O)c4ccc(C(F)(F)F)cc4)c4ccc(O)c(C(=O)O)c4)cs3)cc2)cc1. The zero-order chi connectivity index (χ0) is 35.8. The van der Waals surface area contributed by atoms with E-state index in [-0.39, 0.29) is 23.7 Å². The predicted molar refractivity (Wildman–Crippen MR) is 185 cm³/mol. The van der Waals surface area contributed by atoms with E-state index in [1.807, 2.05) is 12.1 Å². The van der Waals surface area contributed by atoms with Crippen molar-refractivity contribution in [2.45, 2.75) is 51.9 Å². The van der Waals surface area contributed by atoms with Gasteiger partial charge in [0.1, 0.15) is 16.3 Å². The Kier molecular flexibility index (Phi) is 11.3. The fourth-order valence-corrected chi connectivity index (χ4v) is 6.04. The first-order chi connectivity index (χ1) is 23.9. The number of benzene rings is 4. The average molecular weight is 702 g/mol. The summed E-state index contributed by atoms with van der Waals surface area (Å²) in [5.41, 5.74) is 2.55. The Hall–Kier alpha value is -5.49. The maximum atomic E-state index is 13.6. The molecule has 0 spiro atoms. The van der Waals surface area contributed by atoms with E-state index in [0.717, 1.165) is 60.4 Å². The van der Waals surface area contributed by atoms with Crippen molar-refractivity contribution in [3.63, 3.8) is 0 Å². The van der Waals surface area contributed by atoms with Gasteiger partial charge < -0.3 is 20.4 Å². The maximum Gasteiger partial charge on any atom is 0.416 e. The Morgan fingerprint density at radius 3 is 2.16 bits per heavy atom. The van der Waals surface area contributed by atoms with Gasteiger partial charge in [0.2, 0.25) is 0 Å². The minimum atomic E-state index is -4.59. The van der Waals surface area contributed by atoms with Crippen LogP contribution >= 0.6 is 11.3 Å². The predicted octanol–water partition coefficient (Wildman–Crippen LogP) is 8.74. The zero-order valence-electron chi connectivity index (χ0n) is 27.0. The number of hydrogen-bond donors (Lipinski definition) is 3. The standard InChI is InChI=1S/C38H34F3N3O5S/c1-2-3-4-5-24-6-8-25(9-7-24)21-42-34(46)26-10-12-27(13-11-26)35-43-30(23-50-35)22-44(31-18-19-33(45)32(20-31)37(48)49)36(47)28-14-16-29(17-15-28)38(39,40)41/h6-20,23,45H,2-5,21-22H2,1H3,(H,42,46)(H,48,49). The monoisotopic (exact) mass is 701 g/mol. The number of thiazole rings is 1. The molecule has 5 aromatic rings. The summed E-state index contributed by atoms with van der Waals surface area (Å²) in [5.74, 6) is -2.86. The molecule has 0 fully saturated rings. The van der Waals surface area contributed by atoms with Crippen LogP contribution in [-0.4, -0.2) is 33.0 Å². The van der Waals surface area contributed by atoms with Gasteiger partial charge in [0, 0.05) is 34.3 Å². The minimum absolute atomic E-state index is 0.0632. The third-order valence-electron chi connectivity index (χ3n) is 8.04. The van der Waals surface area contributed by atoms with Crippen LogP contribution in [0.25, 0.3) is 10.6 Å². The van der Waals surface area contributed by atoms with Gasteiger partial charge in [-0.05, 0) is 78.6 Å². The Bertz CT molecular complexity index is 1960. The van der Waals surface area contributed by atoms with Crippen molar-refractivity contribution in [3.8, 4) is 16.3 Å². The first-order valence-corrected chi connectivity index (χ1v) is 16.8. The van der Waals surface area contributed by atoms with Crippen molar-refractivity contribution in [2.75, 3.05) is 4.90 Å². The van der Waals surface area contributed by atoms with Crippen LogP contribution in [0.3, 0.4) is 0 Å². The first-order valence-electron chi connectivity index (χ1n) is 15.9. The van der Waals surface area contributed by atoms with Crippen LogP contribution in [0.4, 0.5) is 18.9 Å². The molecule has 1 heterocycles. The van der Waals surface area contributed by atoms with E-state index < -0.39 is 34.9 Å². The number of nitrogens with one attached hydrogen (secondary N) is 1. The van der Waals surface area contributed by atoms with Crippen LogP contribution in [0, 0.1) is 0 Å². The number of unbranched alkanes of at least 4 members (excludes halogenated alkanes) is 2. The zero-order valence-corrected chi connectivity index (χ0v) is 27.9. The molecule has 2 amide bonds. The second-order valence-corrected chi connectivity index (χ2v) is 12.5. The summed E-state index contributed by atoms with van der Waals surface area (Å²) < 4.78 is 39.4. The molecule has 0 aliphatic heterocycles. The van der Waals surface area contributed by atoms with Crippen molar-refractivity contribution in [2.24, 2.45) is 0 Å². The molecule has 258 valence electrons. The summed E-state index contributed by atoms with van der Waals surface area (Å²) >= 11 is 1.28. The van der Waals surface area contributed by atoms with E-state index in [1.54, 1.807) is 29.6 Å². The number of rotatable bonds is 13. The lowest BCUT2D eigenvalue weighted by Gasteiger charge is -2.23. The molecule has 4 aromatic carbocycles. The highest BCUT2D eigenvalue weighted by Crippen LogP contribution is 2.32. The van der Waals surface area contributed by atoms with Gasteiger partial charge in [0.25, 0.3) is 11.8 Å². The fraction of sp³-hybridized carbons (Fsp3) is 0.211. The lowest BCUT2D eigenvalue weighted by Crippen LogP contribution is -2.30. The topological polar surface area (TPSA) is 120 Å². The largest absolute Gasteiger partial charge is 0.507 e. The molecule has 0 radical (unpaired) electrons. The second-order valence-electron chi connectivity index (χ2n) is 11.7. The van der Waals surface area contributed by atoms with E-state index in [1.165, 1.54) is 40.7 Å². The molecule has 1 aromatic heterocycles. The van der Waals surface area contributed by atoms with Gasteiger partial charge in [0.15, 0.2) is 0 Å². The number of carbonyl (C=O) groups excluding carboxylic acids is 2. The quantitative estimate of drug-likeness (QED) is 0.106. The normalized spacial score (nSPS) is 11.3. The molecule has 0 saturated carbocycles. The van der Waals surface area contributed by atoms with Gasteiger partial charge in [-0.1, -0.05) is 56.2 Å². The number of halogens is 3. The van der Waals surface area contributed by atoms with Crippen LogP contribution in [0.1, 0.15) is 79.6 Å². The molecule has 8 nitrogen and oxygen atoms in total. The van der Waals surface area contributed by atoms with Crippen molar-refractivity contribution in [1.29, 1.82) is 0 Å². The molecule has 0 aliphatic rings. The van der Waals surface area contributed by atoms with Crippen LogP contribution in [0.5, 0.6) is 5.75 Å². The number of hydrogen-bond acceptors (Lipinski definition) is 6. The molecule has 0 saturated heterocycles. The Labute approximate surface area is 290 Å². The second kappa shape index (κ2) is 15.8. The molecule has 3 N–H and O–H groups in total. The van der Waals surface area contributed by atoms with Gasteiger partial charge >= 0.3 is 12.1 Å². The van der Waals surface area contributed by atoms with Crippen molar-refractivity contribution in [1.82, 2.24) is 10.3 Å². The molecule has 5 rings (SSSR count). The third-order valence-corrected chi connectivity index (χ3v) is 8.98. The number of carboxylic acid groups (broad SMARTS) is 1. The van der Waals surface area contributed by atoms with E-state index in [2.05, 4.69) is 29.4 Å². The lowest BCUT2D eigenvalue weighted by molar-refractivity contribution is -0.137. The van der Waals surface area contributed by atoms with Crippen LogP contribution in [-0.2, 0) is 25.7 Å². The molecule has 0 aliphatic carbocycles. The van der Waals surface area contributed by atoms with Crippen molar-refractivity contribution >= 4 is 34.8 Å². The average Bonchev–Trinajstić information content (AvgIpc) is 3.58. The number of nitrogens with zero attached hydrogens (tertiary/aromatic N) is 2. The molecule has 0 unspecified atom stereocenters. The molecular formula is C38H34F3N3O5S. The van der Waals surface area contributed by atoms with Gasteiger partial charge in [-0.25, -0.2) is 9.78 Å². The summed E-state index contributed by atoms with van der Waals surface area (Å²) in [6.45, 7) is 2.42. The van der Waals surface area contributed by atoms with E-state index >= 15 is 0 Å². The number of amides is 2. The van der Waals surface area contributed by atoms with Gasteiger partial charge in [-0.15, -0.1) is 11.3 Å². The first kappa shape index (κ1) is 35.8. The summed E-state index contributed by atoms with van der Waals surface area (Å²) in [4.78, 5) is 44.0. The third kappa shape index (κ3) is 8.94. The summed E-state index contributed by atoms with van der Waals surface area (Å²) in [7, 11) is 0. The molecule has 0 bridgehead atoms. The Balaban J connectivity index is 1.29. The van der Waals surface area contributed by atoms with E-state index in [4.69, 9.17) is 0 Å². The molecule has 50 heavy (non-hydrogen) atoms. The van der Waals surface area contributed by atoms with E-state index in [9.17, 15) is 37.8 Å². The van der Waals surface area contributed by atoms with Crippen molar-refractivity contribution < 1.29 is 37.8 Å². The Morgan fingerprint density at radius 1 is 0.860 bits per heavy atom. The van der Waals surface area contributed by atoms with Crippen molar-refractivity contribution in [3.05, 3.63) is 135 Å².